The van der Waals surface area contributed by atoms with Crippen LogP contribution >= 0.6 is 15.9 Å². The summed E-state index contributed by atoms with van der Waals surface area (Å²) in [5, 5.41) is 2.59. The van der Waals surface area contributed by atoms with Gasteiger partial charge in [-0.05, 0) is 28.1 Å². The molecule has 1 heterocycles. The highest BCUT2D eigenvalue weighted by molar-refractivity contribution is 9.09. The summed E-state index contributed by atoms with van der Waals surface area (Å²) in [6.07, 6.45) is 0. The van der Waals surface area contributed by atoms with Crippen molar-refractivity contribution in [1.29, 1.82) is 0 Å². The van der Waals surface area contributed by atoms with Gasteiger partial charge in [-0.15, -0.1) is 0 Å². The topological polar surface area (TPSA) is 38.3 Å². The van der Waals surface area contributed by atoms with E-state index in [1.807, 2.05) is 12.1 Å². The Morgan fingerprint density at radius 3 is 3.08 bits per heavy atom. The molecule has 1 atom stereocenters. The van der Waals surface area contributed by atoms with Gasteiger partial charge in [0, 0.05) is 0 Å². The largest absolute Gasteiger partial charge is 0.477 e. The first-order valence-electron chi connectivity index (χ1n) is 3.95. The fourth-order valence-corrected chi connectivity index (χ4v) is 1.57. The molecule has 0 saturated carbocycles. The minimum absolute atomic E-state index is 0.0856. The van der Waals surface area contributed by atoms with Gasteiger partial charge in [-0.25, -0.2) is 0 Å². The van der Waals surface area contributed by atoms with Gasteiger partial charge in [0.25, 0.3) is 5.91 Å². The number of rotatable bonds is 0. The Balaban J connectivity index is 2.43. The van der Waals surface area contributed by atoms with Crippen LogP contribution in [0.2, 0.25) is 0 Å². The Kier molecular flexibility index (Phi) is 2.22. The Hall–Kier alpha value is -1.03. The first kappa shape index (κ1) is 8.56. The van der Waals surface area contributed by atoms with Crippen molar-refractivity contribution in [3.63, 3.8) is 0 Å². The number of benzene rings is 1. The molecule has 13 heavy (non-hydrogen) atoms. The standard InChI is InChI=1S/C9H8BrNO2/c10-8-5-11-9(12)6-3-1-2-4-7(6)13-8/h1-4,8H,5H2,(H,11,12). The molecular formula is C9H8BrNO2. The van der Waals surface area contributed by atoms with Gasteiger partial charge in [0.2, 0.25) is 0 Å². The fourth-order valence-electron chi connectivity index (χ4n) is 1.20. The van der Waals surface area contributed by atoms with E-state index in [-0.39, 0.29) is 10.9 Å². The lowest BCUT2D eigenvalue weighted by atomic mass is 10.2. The molecule has 0 saturated heterocycles. The molecule has 4 heteroatoms. The second kappa shape index (κ2) is 3.38. The van der Waals surface area contributed by atoms with Gasteiger partial charge < -0.3 is 10.1 Å². The number of carbonyl (C=O) groups is 1. The molecule has 1 aromatic carbocycles. The Morgan fingerprint density at radius 2 is 2.23 bits per heavy atom. The molecule has 68 valence electrons. The summed E-state index contributed by atoms with van der Waals surface area (Å²) in [6, 6.07) is 7.19. The fraction of sp³-hybridized carbons (Fsp3) is 0.222. The molecule has 0 fully saturated rings. The summed E-state index contributed by atoms with van der Waals surface area (Å²) in [5.41, 5.74) is 0.587. The third kappa shape index (κ3) is 1.67. The zero-order valence-corrected chi connectivity index (χ0v) is 8.37. The molecule has 1 N–H and O–H groups in total. The van der Waals surface area contributed by atoms with E-state index in [0.717, 1.165) is 0 Å². The quantitative estimate of drug-likeness (QED) is 0.700. The van der Waals surface area contributed by atoms with E-state index < -0.39 is 0 Å². The van der Waals surface area contributed by atoms with Crippen molar-refractivity contribution in [2.45, 2.75) is 5.01 Å². The van der Waals surface area contributed by atoms with Gasteiger partial charge in [-0.3, -0.25) is 4.79 Å². The maximum atomic E-state index is 11.4. The van der Waals surface area contributed by atoms with Crippen LogP contribution in [0.4, 0.5) is 0 Å². The number of hydrogen-bond donors (Lipinski definition) is 1. The van der Waals surface area contributed by atoms with Crippen molar-refractivity contribution in [1.82, 2.24) is 5.32 Å². The van der Waals surface area contributed by atoms with Crippen LogP contribution in [0.15, 0.2) is 24.3 Å². The molecule has 1 amide bonds. The molecule has 0 aliphatic carbocycles. The summed E-state index contributed by atoms with van der Waals surface area (Å²) in [4.78, 5) is 11.4. The van der Waals surface area contributed by atoms with Gasteiger partial charge >= 0.3 is 0 Å². The molecule has 1 unspecified atom stereocenters. The minimum atomic E-state index is -0.153. The Labute approximate surface area is 84.2 Å². The third-order valence-corrected chi connectivity index (χ3v) is 2.32. The zero-order chi connectivity index (χ0) is 9.26. The highest BCUT2D eigenvalue weighted by atomic mass is 79.9. The van der Waals surface area contributed by atoms with Gasteiger partial charge in [0.1, 0.15) is 5.75 Å². The highest BCUT2D eigenvalue weighted by Gasteiger charge is 2.19. The second-order valence-corrected chi connectivity index (χ2v) is 3.76. The van der Waals surface area contributed by atoms with Crippen LogP contribution < -0.4 is 10.1 Å². The lowest BCUT2D eigenvalue weighted by Crippen LogP contribution is -2.28. The van der Waals surface area contributed by atoms with E-state index >= 15 is 0 Å². The number of carbonyl (C=O) groups excluding carboxylic acids is 1. The predicted octanol–water partition coefficient (Wildman–Crippen LogP) is 1.53. The third-order valence-electron chi connectivity index (χ3n) is 1.81. The molecule has 0 spiro atoms. The Morgan fingerprint density at radius 1 is 1.46 bits per heavy atom. The van der Waals surface area contributed by atoms with Gasteiger partial charge in [-0.1, -0.05) is 12.1 Å². The van der Waals surface area contributed by atoms with Crippen molar-refractivity contribution >= 4 is 21.8 Å². The van der Waals surface area contributed by atoms with Crippen molar-refractivity contribution in [3.05, 3.63) is 29.8 Å². The highest BCUT2D eigenvalue weighted by Crippen LogP contribution is 2.22. The van der Waals surface area contributed by atoms with E-state index in [1.165, 1.54) is 0 Å². The zero-order valence-electron chi connectivity index (χ0n) is 6.79. The first-order chi connectivity index (χ1) is 6.27. The molecule has 1 aliphatic heterocycles. The van der Waals surface area contributed by atoms with Gasteiger partial charge in [0.15, 0.2) is 5.01 Å². The summed E-state index contributed by atoms with van der Waals surface area (Å²) in [5.74, 6) is 0.539. The number of amides is 1. The molecule has 1 aromatic rings. The van der Waals surface area contributed by atoms with Crippen molar-refractivity contribution < 1.29 is 9.53 Å². The number of ether oxygens (including phenoxy) is 1. The average molecular weight is 242 g/mol. The van der Waals surface area contributed by atoms with Crippen LogP contribution in [0.25, 0.3) is 0 Å². The molecule has 0 radical (unpaired) electrons. The number of hydrogen-bond acceptors (Lipinski definition) is 2. The van der Waals surface area contributed by atoms with Crippen LogP contribution in [0, 0.1) is 0 Å². The van der Waals surface area contributed by atoms with Crippen LogP contribution in [0.1, 0.15) is 10.4 Å². The second-order valence-electron chi connectivity index (χ2n) is 2.73. The van der Waals surface area contributed by atoms with Crippen LogP contribution in [-0.4, -0.2) is 17.5 Å². The van der Waals surface area contributed by atoms with E-state index in [4.69, 9.17) is 4.74 Å². The number of fused-ring (bicyclic) bond motifs is 1. The molecule has 0 aromatic heterocycles. The molecule has 1 aliphatic rings. The van der Waals surface area contributed by atoms with Crippen molar-refractivity contribution in [2.75, 3.05) is 6.54 Å². The maximum absolute atomic E-state index is 11.4. The summed E-state index contributed by atoms with van der Waals surface area (Å²) < 4.78 is 5.46. The number of halogens is 1. The molecule has 3 nitrogen and oxygen atoms in total. The average Bonchev–Trinajstić information content (AvgIpc) is 2.27. The van der Waals surface area contributed by atoms with Crippen molar-refractivity contribution in [3.8, 4) is 5.75 Å². The predicted molar refractivity (Wildman–Crippen MR) is 52.1 cm³/mol. The lowest BCUT2D eigenvalue weighted by molar-refractivity contribution is 0.0956. The smallest absolute Gasteiger partial charge is 0.255 e. The van der Waals surface area contributed by atoms with E-state index in [1.54, 1.807) is 12.1 Å². The van der Waals surface area contributed by atoms with E-state index in [0.29, 0.717) is 17.9 Å². The Bertz CT molecular complexity index is 340. The number of alkyl halides is 1. The maximum Gasteiger partial charge on any atom is 0.255 e. The molecular weight excluding hydrogens is 234 g/mol. The van der Waals surface area contributed by atoms with Gasteiger partial charge in [0.05, 0.1) is 12.1 Å². The van der Waals surface area contributed by atoms with E-state index in [2.05, 4.69) is 21.2 Å². The minimum Gasteiger partial charge on any atom is -0.477 e. The first-order valence-corrected chi connectivity index (χ1v) is 4.87. The van der Waals surface area contributed by atoms with Crippen LogP contribution in [0.5, 0.6) is 5.75 Å². The van der Waals surface area contributed by atoms with Crippen LogP contribution in [-0.2, 0) is 0 Å². The molecule has 0 bridgehead atoms. The summed E-state index contributed by atoms with van der Waals surface area (Å²) in [7, 11) is 0. The normalized spacial score (nSPS) is 21.0. The van der Waals surface area contributed by atoms with Crippen molar-refractivity contribution in [2.24, 2.45) is 0 Å². The summed E-state index contributed by atoms with van der Waals surface area (Å²) >= 11 is 3.30. The summed E-state index contributed by atoms with van der Waals surface area (Å²) in [6.45, 7) is 0.480. The van der Waals surface area contributed by atoms with Gasteiger partial charge in [-0.2, -0.15) is 0 Å². The van der Waals surface area contributed by atoms with E-state index in [9.17, 15) is 4.79 Å². The van der Waals surface area contributed by atoms with Crippen LogP contribution in [0.3, 0.4) is 0 Å². The molecule has 2 rings (SSSR count). The number of nitrogens with one attached hydrogen (secondary N) is 1. The monoisotopic (exact) mass is 241 g/mol. The number of para-hydroxylation sites is 1. The SMILES string of the molecule is O=C1NCC(Br)Oc2ccccc21. The lowest BCUT2D eigenvalue weighted by Gasteiger charge is -2.08.